The molecule has 1 heterocycles. The summed E-state index contributed by atoms with van der Waals surface area (Å²) in [4.78, 5) is 1.25. The molecule has 2 fully saturated rings. The van der Waals surface area contributed by atoms with E-state index in [1.54, 1.807) is 0 Å². The highest BCUT2D eigenvalue weighted by Crippen LogP contribution is 2.40. The summed E-state index contributed by atoms with van der Waals surface area (Å²) in [7, 11) is 0. The Morgan fingerprint density at radius 1 is 0.771 bits per heavy atom. The number of rotatable bonds is 7. The van der Waals surface area contributed by atoms with Gasteiger partial charge in [-0.1, -0.05) is 86.0 Å². The van der Waals surface area contributed by atoms with Crippen LogP contribution in [0.1, 0.15) is 69.8 Å². The average molecular weight is 544 g/mol. The van der Waals surface area contributed by atoms with E-state index in [4.69, 9.17) is 28.3 Å². The van der Waals surface area contributed by atoms with Crippen molar-refractivity contribution in [2.45, 2.75) is 79.6 Å². The quantitative estimate of drug-likeness (QED) is 0.295. The lowest BCUT2D eigenvalue weighted by Gasteiger charge is -2.20. The minimum atomic E-state index is 0.659. The Labute approximate surface area is 227 Å². The molecule has 0 unspecified atom stereocenters. The van der Waals surface area contributed by atoms with Gasteiger partial charge in [-0.15, -0.1) is 23.5 Å². The van der Waals surface area contributed by atoms with Crippen molar-refractivity contribution < 1.29 is 0 Å². The molecule has 2 aromatic carbocycles. The van der Waals surface area contributed by atoms with Gasteiger partial charge in [0.2, 0.25) is 0 Å². The van der Waals surface area contributed by atoms with Gasteiger partial charge in [-0.2, -0.15) is 5.10 Å². The molecule has 184 valence electrons. The summed E-state index contributed by atoms with van der Waals surface area (Å²) in [6.45, 7) is 0. The summed E-state index contributed by atoms with van der Waals surface area (Å²) in [5.74, 6) is 0. The molecule has 35 heavy (non-hydrogen) atoms. The molecule has 0 spiro atoms. The van der Waals surface area contributed by atoms with E-state index in [2.05, 4.69) is 40.6 Å². The van der Waals surface area contributed by atoms with E-state index >= 15 is 0 Å². The standard InChI is InChI=1S/C29H32Cl2N2S2/c30-23-15-11-21(12-16-23)27(20-34-25-7-3-1-4-8-25)33-19-28(35-26-9-5-2-6-10-26)29(32-33)22-13-17-24(31)18-14-22/h11-20,25-26H,1-10H2/b27-20+. The van der Waals surface area contributed by atoms with E-state index in [9.17, 15) is 0 Å². The van der Waals surface area contributed by atoms with Crippen molar-refractivity contribution in [1.82, 2.24) is 9.78 Å². The zero-order chi connectivity index (χ0) is 24.0. The van der Waals surface area contributed by atoms with Gasteiger partial charge >= 0.3 is 0 Å². The maximum absolute atomic E-state index is 6.23. The fraction of sp³-hybridized carbons (Fsp3) is 0.414. The van der Waals surface area contributed by atoms with Gasteiger partial charge in [-0.05, 0) is 55.4 Å². The van der Waals surface area contributed by atoms with Crippen molar-refractivity contribution in [3.63, 3.8) is 0 Å². The molecule has 2 aliphatic rings. The normalized spacial score (nSPS) is 18.2. The molecule has 1 aromatic heterocycles. The van der Waals surface area contributed by atoms with Gasteiger partial charge in [-0.3, -0.25) is 0 Å². The largest absolute Gasteiger partial charge is 0.238 e. The van der Waals surface area contributed by atoms with E-state index in [-0.39, 0.29) is 0 Å². The molecule has 2 saturated carbocycles. The monoisotopic (exact) mass is 542 g/mol. The van der Waals surface area contributed by atoms with Crippen molar-refractivity contribution in [1.29, 1.82) is 0 Å². The number of thioether (sulfide) groups is 2. The van der Waals surface area contributed by atoms with Gasteiger partial charge in [0.25, 0.3) is 0 Å². The lowest BCUT2D eigenvalue weighted by molar-refractivity contribution is 0.516. The molecule has 0 aliphatic heterocycles. The van der Waals surface area contributed by atoms with Crippen LogP contribution in [-0.4, -0.2) is 20.3 Å². The molecule has 6 heteroatoms. The summed E-state index contributed by atoms with van der Waals surface area (Å²) in [5.41, 5.74) is 4.40. The molecular formula is C29H32Cl2N2S2. The number of hydrogen-bond acceptors (Lipinski definition) is 3. The molecule has 0 amide bonds. The summed E-state index contributed by atoms with van der Waals surface area (Å²) in [6.07, 6.45) is 15.5. The van der Waals surface area contributed by atoms with Crippen LogP contribution in [0.15, 0.2) is 65.0 Å². The molecule has 0 N–H and O–H groups in total. The first kappa shape index (κ1) is 25.3. The smallest absolute Gasteiger partial charge is 0.106 e. The minimum absolute atomic E-state index is 0.659. The number of aromatic nitrogens is 2. The second-order valence-corrected chi connectivity index (χ2v) is 13.0. The zero-order valence-electron chi connectivity index (χ0n) is 20.0. The number of halogens is 2. The highest BCUT2D eigenvalue weighted by Gasteiger charge is 2.21. The molecule has 0 radical (unpaired) electrons. The predicted octanol–water partition coefficient (Wildman–Crippen LogP) is 10.2. The fourth-order valence-corrected chi connectivity index (χ4v) is 7.76. The van der Waals surface area contributed by atoms with Crippen LogP contribution < -0.4 is 0 Å². The van der Waals surface area contributed by atoms with Gasteiger partial charge in [-0.25, -0.2) is 4.68 Å². The van der Waals surface area contributed by atoms with Crippen LogP contribution in [0.5, 0.6) is 0 Å². The van der Waals surface area contributed by atoms with Crippen molar-refractivity contribution >= 4 is 52.4 Å². The molecule has 3 aromatic rings. The molecule has 0 bridgehead atoms. The zero-order valence-corrected chi connectivity index (χ0v) is 23.1. The molecule has 2 aliphatic carbocycles. The molecule has 0 atom stereocenters. The summed E-state index contributed by atoms with van der Waals surface area (Å²) in [5, 5.41) is 10.4. The van der Waals surface area contributed by atoms with Crippen molar-refractivity contribution in [3.8, 4) is 11.3 Å². The second kappa shape index (κ2) is 12.3. The number of nitrogens with zero attached hydrogens (tertiary/aromatic N) is 2. The van der Waals surface area contributed by atoms with Gasteiger partial charge in [0, 0.05) is 37.9 Å². The molecular weight excluding hydrogens is 511 g/mol. The van der Waals surface area contributed by atoms with E-state index in [0.29, 0.717) is 10.5 Å². The molecule has 5 rings (SSSR count). The van der Waals surface area contributed by atoms with Gasteiger partial charge in [0.15, 0.2) is 0 Å². The van der Waals surface area contributed by atoms with Crippen LogP contribution in [0.2, 0.25) is 10.0 Å². The molecule has 0 saturated heterocycles. The summed E-state index contributed by atoms with van der Waals surface area (Å²) < 4.78 is 2.09. The summed E-state index contributed by atoms with van der Waals surface area (Å²) in [6, 6.07) is 16.2. The Bertz CT molecular complexity index is 1130. The molecule has 2 nitrogen and oxygen atoms in total. The van der Waals surface area contributed by atoms with Gasteiger partial charge < -0.3 is 0 Å². The Morgan fingerprint density at radius 3 is 1.97 bits per heavy atom. The third-order valence-corrected chi connectivity index (χ3v) is 10.0. The first-order chi connectivity index (χ1) is 17.2. The lowest BCUT2D eigenvalue weighted by Crippen LogP contribution is -2.07. The van der Waals surface area contributed by atoms with E-state index < -0.39 is 0 Å². The highest BCUT2D eigenvalue weighted by molar-refractivity contribution is 8.02. The highest BCUT2D eigenvalue weighted by atomic mass is 35.5. The predicted molar refractivity (Wildman–Crippen MR) is 155 cm³/mol. The SMILES string of the molecule is Clc1ccc(/C(=C\SC2CCCCC2)n2cc(SC3CCCCC3)c(-c3ccc(Cl)cc3)n2)cc1. The fourth-order valence-electron chi connectivity index (χ4n) is 4.97. The average Bonchev–Trinajstić information content (AvgIpc) is 3.30. The van der Waals surface area contributed by atoms with Crippen LogP contribution in [0, 0.1) is 0 Å². The first-order valence-electron chi connectivity index (χ1n) is 12.8. The van der Waals surface area contributed by atoms with Crippen LogP contribution >= 0.6 is 46.7 Å². The van der Waals surface area contributed by atoms with Crippen molar-refractivity contribution in [2.24, 2.45) is 0 Å². The topological polar surface area (TPSA) is 17.8 Å². The number of benzene rings is 2. The van der Waals surface area contributed by atoms with E-state index in [1.165, 1.54) is 69.1 Å². The number of hydrogen-bond donors (Lipinski definition) is 0. The van der Waals surface area contributed by atoms with Crippen LogP contribution in [0.4, 0.5) is 0 Å². The van der Waals surface area contributed by atoms with Crippen LogP contribution in [0.25, 0.3) is 17.0 Å². The third-order valence-electron chi connectivity index (χ3n) is 6.96. The first-order valence-corrected chi connectivity index (χ1v) is 15.4. The maximum Gasteiger partial charge on any atom is 0.106 e. The van der Waals surface area contributed by atoms with Crippen molar-refractivity contribution in [3.05, 3.63) is 75.7 Å². The minimum Gasteiger partial charge on any atom is -0.238 e. The Balaban J connectivity index is 1.52. The van der Waals surface area contributed by atoms with Crippen LogP contribution in [-0.2, 0) is 0 Å². The van der Waals surface area contributed by atoms with E-state index in [1.807, 2.05) is 47.8 Å². The second-order valence-electron chi connectivity index (χ2n) is 9.58. The van der Waals surface area contributed by atoms with Crippen LogP contribution in [0.3, 0.4) is 0 Å². The van der Waals surface area contributed by atoms with Gasteiger partial charge in [0.05, 0.1) is 10.6 Å². The van der Waals surface area contributed by atoms with Crippen molar-refractivity contribution in [2.75, 3.05) is 0 Å². The Kier molecular flexibility index (Phi) is 8.88. The summed E-state index contributed by atoms with van der Waals surface area (Å²) >= 11 is 16.4. The third kappa shape index (κ3) is 6.71. The Hall–Kier alpha value is -1.33. The Morgan fingerprint density at radius 2 is 1.34 bits per heavy atom. The van der Waals surface area contributed by atoms with E-state index in [0.717, 1.165) is 32.6 Å². The lowest BCUT2D eigenvalue weighted by atomic mass is 10.0. The maximum atomic E-state index is 6.23. The van der Waals surface area contributed by atoms with Gasteiger partial charge in [0.1, 0.15) is 5.69 Å².